The lowest BCUT2D eigenvalue weighted by Crippen LogP contribution is -2.11. The van der Waals surface area contributed by atoms with E-state index in [2.05, 4.69) is 247 Å². The summed E-state index contributed by atoms with van der Waals surface area (Å²) in [6.07, 6.45) is 0. The molecule has 69 heavy (non-hydrogen) atoms. The summed E-state index contributed by atoms with van der Waals surface area (Å²) in [5.74, 6) is 0. The van der Waals surface area contributed by atoms with E-state index in [0.29, 0.717) is 0 Å². The number of rotatable bonds is 5. The fourth-order valence-corrected chi connectivity index (χ4v) is 9.87. The summed E-state index contributed by atoms with van der Waals surface area (Å²) in [5, 5.41) is 2.35. The first kappa shape index (κ1) is 42.2. The predicted molar refractivity (Wildman–Crippen MR) is 289 cm³/mol. The molecule has 12 rings (SSSR count). The molecule has 0 spiro atoms. The highest BCUT2D eigenvalue weighted by Gasteiger charge is 2.26. The maximum absolute atomic E-state index is 5.64. The number of benzene rings is 7. The molecule has 0 saturated heterocycles. The van der Waals surface area contributed by atoms with Gasteiger partial charge in [0.05, 0.1) is 45.2 Å². The van der Waals surface area contributed by atoms with Crippen LogP contribution in [0, 0.1) is 0 Å². The Balaban J connectivity index is 1.19. The smallest absolute Gasteiger partial charge is 0.0901 e. The van der Waals surface area contributed by atoms with Crippen LogP contribution in [0.15, 0.2) is 200 Å². The van der Waals surface area contributed by atoms with Crippen LogP contribution in [0.3, 0.4) is 0 Å². The van der Waals surface area contributed by atoms with Gasteiger partial charge in [-0.15, -0.1) is 0 Å². The van der Waals surface area contributed by atoms with E-state index in [0.717, 1.165) is 89.7 Å². The summed E-state index contributed by atoms with van der Waals surface area (Å²) >= 11 is 0. The van der Waals surface area contributed by atoms with Crippen molar-refractivity contribution in [2.24, 2.45) is 0 Å². The number of nitrogens with zero attached hydrogens (tertiary/aromatic N) is 3. The Bertz CT molecular complexity index is 3520. The Labute approximate surface area is 404 Å². The third-order valence-corrected chi connectivity index (χ3v) is 13.9. The highest BCUT2D eigenvalue weighted by atomic mass is 14.8. The number of nitrogens with one attached hydrogen (secondary N) is 1. The molecule has 1 aliphatic heterocycles. The molecule has 7 aromatic carbocycles. The summed E-state index contributed by atoms with van der Waals surface area (Å²) < 4.78 is 0. The minimum absolute atomic E-state index is 0.144. The first-order chi connectivity index (χ1) is 33.4. The Kier molecular flexibility index (Phi) is 9.93. The lowest BCUT2D eigenvalue weighted by molar-refractivity contribution is 0.590. The molecule has 5 heterocycles. The quantitative estimate of drug-likeness (QED) is 0.187. The number of fused-ring (bicyclic) bond motifs is 11. The third-order valence-electron chi connectivity index (χ3n) is 13.9. The maximum Gasteiger partial charge on any atom is 0.0901 e. The minimum atomic E-state index is -0.144. The molecule has 332 valence electrons. The van der Waals surface area contributed by atoms with Gasteiger partial charge in [-0.25, -0.2) is 15.0 Å². The van der Waals surface area contributed by atoms with Crippen molar-refractivity contribution in [1.82, 2.24) is 19.9 Å². The van der Waals surface area contributed by atoms with Crippen molar-refractivity contribution in [2.75, 3.05) is 0 Å². The second-order valence-corrected chi connectivity index (χ2v) is 20.6. The molecule has 0 unspecified atom stereocenters. The largest absolute Gasteiger partial charge is 0.353 e. The molecule has 0 atom stereocenters. The van der Waals surface area contributed by atoms with Crippen LogP contribution < -0.4 is 0 Å². The Morgan fingerprint density at radius 3 is 0.855 bits per heavy atom. The van der Waals surface area contributed by atoms with Gasteiger partial charge in [0.15, 0.2) is 0 Å². The number of aromatic amines is 1. The van der Waals surface area contributed by atoms with Crippen LogP contribution in [0.1, 0.15) is 52.7 Å². The van der Waals surface area contributed by atoms with Crippen LogP contribution in [0.2, 0.25) is 0 Å². The van der Waals surface area contributed by atoms with Crippen LogP contribution in [0.5, 0.6) is 0 Å². The molecule has 4 nitrogen and oxygen atoms in total. The summed E-state index contributed by atoms with van der Waals surface area (Å²) in [5.41, 5.74) is 22.5. The van der Waals surface area contributed by atoms with Crippen LogP contribution in [0.25, 0.3) is 123 Å². The average molecular weight is 889 g/mol. The molecule has 1 N–H and O–H groups in total. The normalized spacial score (nSPS) is 12.2. The number of pyridine rings is 3. The van der Waals surface area contributed by atoms with Gasteiger partial charge >= 0.3 is 0 Å². The maximum atomic E-state index is 5.64. The van der Waals surface area contributed by atoms with Crippen LogP contribution >= 0.6 is 0 Å². The third kappa shape index (κ3) is 7.82. The molecule has 8 bridgehead atoms. The number of H-pyrrole nitrogens is 1. The fourth-order valence-electron chi connectivity index (χ4n) is 9.87. The Morgan fingerprint density at radius 2 is 0.536 bits per heavy atom. The topological polar surface area (TPSA) is 54.5 Å². The first-order valence-electron chi connectivity index (χ1n) is 24.0. The number of hydrogen-bond acceptors (Lipinski definition) is 3. The molecule has 0 radical (unpaired) electrons. The van der Waals surface area contributed by atoms with Gasteiger partial charge < -0.3 is 4.98 Å². The molecular formula is C65H52N4. The second kappa shape index (κ2) is 16.2. The zero-order valence-corrected chi connectivity index (χ0v) is 39.9. The zero-order valence-electron chi connectivity index (χ0n) is 39.9. The van der Waals surface area contributed by atoms with E-state index in [4.69, 9.17) is 15.0 Å². The van der Waals surface area contributed by atoms with Crippen molar-refractivity contribution in [3.63, 3.8) is 0 Å². The fraction of sp³-hybridized carbons (Fsp3) is 0.123. The van der Waals surface area contributed by atoms with Gasteiger partial charge in [0.2, 0.25) is 0 Å². The van der Waals surface area contributed by atoms with Crippen molar-refractivity contribution < 1.29 is 0 Å². The predicted octanol–water partition coefficient (Wildman–Crippen LogP) is 17.4. The molecule has 4 heteroatoms. The summed E-state index contributed by atoms with van der Waals surface area (Å²) in [6, 6.07) is 72.4. The van der Waals surface area contributed by atoms with Crippen LogP contribution in [-0.4, -0.2) is 19.9 Å². The van der Waals surface area contributed by atoms with Gasteiger partial charge in [0.25, 0.3) is 0 Å². The van der Waals surface area contributed by atoms with Crippen molar-refractivity contribution in [2.45, 2.75) is 52.4 Å². The lowest BCUT2D eigenvalue weighted by atomic mass is 9.83. The summed E-state index contributed by atoms with van der Waals surface area (Å²) in [4.78, 5) is 20.9. The average Bonchev–Trinajstić information content (AvgIpc) is 3.77. The summed E-state index contributed by atoms with van der Waals surface area (Å²) in [7, 11) is 0. The van der Waals surface area contributed by atoms with E-state index in [-0.39, 0.29) is 10.8 Å². The van der Waals surface area contributed by atoms with E-state index in [9.17, 15) is 0 Å². The molecule has 0 fully saturated rings. The molecule has 0 saturated carbocycles. The van der Waals surface area contributed by atoms with Crippen molar-refractivity contribution in [3.05, 3.63) is 211 Å². The van der Waals surface area contributed by atoms with Crippen molar-refractivity contribution >= 4 is 21.8 Å². The zero-order chi connectivity index (χ0) is 47.0. The van der Waals surface area contributed by atoms with Crippen molar-refractivity contribution in [1.29, 1.82) is 0 Å². The number of aromatic nitrogens is 4. The van der Waals surface area contributed by atoms with Gasteiger partial charge in [-0.3, -0.25) is 0 Å². The van der Waals surface area contributed by atoms with Gasteiger partial charge in [-0.05, 0) is 138 Å². The van der Waals surface area contributed by atoms with Crippen molar-refractivity contribution in [3.8, 4) is 101 Å². The van der Waals surface area contributed by atoms with E-state index >= 15 is 0 Å². The monoisotopic (exact) mass is 888 g/mol. The number of hydrogen-bond donors (Lipinski definition) is 1. The highest BCUT2D eigenvalue weighted by molar-refractivity contribution is 6.16. The molecule has 1 aliphatic rings. The summed E-state index contributed by atoms with van der Waals surface area (Å²) in [6.45, 7) is 13.8. The molecule has 4 aromatic heterocycles. The van der Waals surface area contributed by atoms with E-state index in [1.165, 1.54) is 44.2 Å². The SMILES string of the molecule is CC(C)(C)c1cc2c3[nH]c4c(cc(C(C)(C)C)cc4c3c1)-c1cc(-c3ccc(-c4ccccc4)cc3)cc(n1)-c1cc(-c3ccccc3)cc(n1)-c1cc(-c3ccc(-c4ccccc4)cc3)cc-2n1. The highest BCUT2D eigenvalue weighted by Crippen LogP contribution is 2.45. The minimum Gasteiger partial charge on any atom is -0.353 e. The lowest BCUT2D eigenvalue weighted by Gasteiger charge is -2.22. The Hall–Kier alpha value is -8.21. The van der Waals surface area contributed by atoms with Gasteiger partial charge in [0.1, 0.15) is 0 Å². The van der Waals surface area contributed by atoms with Gasteiger partial charge in [-0.1, -0.05) is 181 Å². The van der Waals surface area contributed by atoms with Gasteiger partial charge in [-0.2, -0.15) is 0 Å². The first-order valence-corrected chi connectivity index (χ1v) is 24.0. The molecular weight excluding hydrogens is 837 g/mol. The van der Waals surface area contributed by atoms with Gasteiger partial charge in [0, 0.05) is 21.9 Å². The van der Waals surface area contributed by atoms with Crippen LogP contribution in [-0.2, 0) is 10.8 Å². The molecule has 0 amide bonds. The molecule has 0 aliphatic carbocycles. The van der Waals surface area contributed by atoms with E-state index in [1.807, 2.05) is 0 Å². The Morgan fingerprint density at radius 1 is 0.275 bits per heavy atom. The standard InChI is InChI=1S/C65H52N4/c1-64(2,3)50-36-52-53-37-51(65(4,5)6)39-55-57-31-48(46-28-24-44(25-29-46)41-18-12-8-13-19-41)33-59(67-57)61-35-49(42-20-14-9-15-21-42)34-60(68-61)58-32-47(30-56(66-58)54(38-50)62(52)69-63(53)55)45-26-22-43(23-27-45)40-16-10-7-11-17-40/h7-39,69H,1-6H3. The second-order valence-electron chi connectivity index (χ2n) is 20.6. The van der Waals surface area contributed by atoms with E-state index < -0.39 is 0 Å². The van der Waals surface area contributed by atoms with E-state index in [1.54, 1.807) is 0 Å². The van der Waals surface area contributed by atoms with Crippen LogP contribution in [0.4, 0.5) is 0 Å². The molecule has 11 aromatic rings.